The van der Waals surface area contributed by atoms with E-state index in [1.807, 2.05) is 6.92 Å². The van der Waals surface area contributed by atoms with Crippen molar-refractivity contribution in [3.8, 4) is 11.3 Å². The molecule has 1 aromatic heterocycles. The van der Waals surface area contributed by atoms with E-state index in [0.717, 1.165) is 12.8 Å². The summed E-state index contributed by atoms with van der Waals surface area (Å²) in [4.78, 5) is 27.3. The Morgan fingerprint density at radius 1 is 1.35 bits per heavy atom. The third-order valence-electron chi connectivity index (χ3n) is 3.80. The summed E-state index contributed by atoms with van der Waals surface area (Å²) < 4.78 is 5.62. The second-order valence-corrected chi connectivity index (χ2v) is 6.69. The molecule has 0 aliphatic carbocycles. The molecule has 1 amide bonds. The number of carbonyl (C=O) groups is 2. The Balaban J connectivity index is 1.92. The maximum atomic E-state index is 12.0. The average molecular weight is 399 g/mol. The molecular weight excluding hydrogens is 379 g/mol. The number of carboxylic acids is 1. The zero-order valence-corrected chi connectivity index (χ0v) is 15.8. The molecule has 1 atom stereocenters. The van der Waals surface area contributed by atoms with E-state index in [4.69, 9.17) is 32.7 Å². The summed E-state index contributed by atoms with van der Waals surface area (Å²) >= 11 is 12.0. The largest absolute Gasteiger partial charge is 0.480 e. The number of aromatic nitrogens is 1. The SMILES string of the molecule is CCCC[C@H](NC(=O)CCc1ncc(-c2ccc(Cl)cc2Cl)o1)C(=O)O. The summed E-state index contributed by atoms with van der Waals surface area (Å²) in [7, 11) is 0. The first-order chi connectivity index (χ1) is 12.4. The molecule has 6 nitrogen and oxygen atoms in total. The summed E-state index contributed by atoms with van der Waals surface area (Å²) in [5, 5.41) is 12.6. The minimum Gasteiger partial charge on any atom is -0.480 e. The van der Waals surface area contributed by atoms with E-state index in [1.54, 1.807) is 18.2 Å². The number of carboxylic acid groups (broad SMARTS) is 1. The second-order valence-electron chi connectivity index (χ2n) is 5.84. The fourth-order valence-electron chi connectivity index (χ4n) is 2.39. The molecule has 1 aromatic carbocycles. The predicted octanol–water partition coefficient (Wildman–Crippen LogP) is 4.34. The van der Waals surface area contributed by atoms with E-state index in [1.165, 1.54) is 6.20 Å². The molecule has 0 fully saturated rings. The highest BCUT2D eigenvalue weighted by atomic mass is 35.5. The second kappa shape index (κ2) is 9.59. The van der Waals surface area contributed by atoms with Crippen molar-refractivity contribution < 1.29 is 19.1 Å². The van der Waals surface area contributed by atoms with E-state index in [-0.39, 0.29) is 18.7 Å². The number of oxazole rings is 1. The first-order valence-electron chi connectivity index (χ1n) is 8.33. The maximum absolute atomic E-state index is 12.0. The number of carbonyl (C=O) groups excluding carboxylic acids is 1. The van der Waals surface area contributed by atoms with Crippen molar-refractivity contribution in [2.24, 2.45) is 0 Å². The number of benzene rings is 1. The summed E-state index contributed by atoms with van der Waals surface area (Å²) in [6, 6.07) is 4.17. The molecule has 8 heteroatoms. The molecule has 0 saturated heterocycles. The van der Waals surface area contributed by atoms with E-state index in [0.29, 0.717) is 33.7 Å². The van der Waals surface area contributed by atoms with Crippen LogP contribution >= 0.6 is 23.2 Å². The first kappa shape index (κ1) is 20.3. The number of aryl methyl sites for hydroxylation is 1. The monoisotopic (exact) mass is 398 g/mol. The van der Waals surface area contributed by atoms with E-state index >= 15 is 0 Å². The van der Waals surface area contributed by atoms with Crippen LogP contribution in [-0.2, 0) is 16.0 Å². The summed E-state index contributed by atoms with van der Waals surface area (Å²) in [6.07, 6.45) is 3.90. The number of nitrogens with one attached hydrogen (secondary N) is 1. The van der Waals surface area contributed by atoms with Gasteiger partial charge in [0.2, 0.25) is 5.91 Å². The number of hydrogen-bond donors (Lipinski definition) is 2. The lowest BCUT2D eigenvalue weighted by Gasteiger charge is -2.13. The van der Waals surface area contributed by atoms with Crippen LogP contribution in [0, 0.1) is 0 Å². The van der Waals surface area contributed by atoms with Crippen LogP contribution in [0.1, 0.15) is 38.5 Å². The normalized spacial score (nSPS) is 12.0. The third kappa shape index (κ3) is 5.75. The van der Waals surface area contributed by atoms with Gasteiger partial charge in [-0.25, -0.2) is 9.78 Å². The van der Waals surface area contributed by atoms with Crippen molar-refractivity contribution in [2.75, 3.05) is 0 Å². The minimum absolute atomic E-state index is 0.0875. The van der Waals surface area contributed by atoms with Crippen LogP contribution in [0.4, 0.5) is 0 Å². The van der Waals surface area contributed by atoms with Gasteiger partial charge in [0.1, 0.15) is 6.04 Å². The molecule has 0 saturated carbocycles. The number of rotatable bonds is 9. The van der Waals surface area contributed by atoms with Gasteiger partial charge < -0.3 is 14.8 Å². The summed E-state index contributed by atoms with van der Waals surface area (Å²) in [6.45, 7) is 1.97. The average Bonchev–Trinajstić information content (AvgIpc) is 3.05. The highest BCUT2D eigenvalue weighted by Crippen LogP contribution is 2.30. The highest BCUT2D eigenvalue weighted by Gasteiger charge is 2.19. The van der Waals surface area contributed by atoms with Crippen molar-refractivity contribution in [1.82, 2.24) is 10.3 Å². The Bertz CT molecular complexity index is 776. The number of hydrogen-bond acceptors (Lipinski definition) is 4. The molecule has 0 radical (unpaired) electrons. The minimum atomic E-state index is -1.03. The molecule has 1 heterocycles. The Labute approximate surface area is 161 Å². The van der Waals surface area contributed by atoms with Gasteiger partial charge in [0, 0.05) is 23.4 Å². The fraction of sp³-hybridized carbons (Fsp3) is 0.389. The fourth-order valence-corrected chi connectivity index (χ4v) is 2.89. The molecule has 0 aliphatic rings. The zero-order valence-electron chi connectivity index (χ0n) is 14.3. The Morgan fingerprint density at radius 3 is 2.77 bits per heavy atom. The van der Waals surface area contributed by atoms with Crippen molar-refractivity contribution in [2.45, 2.75) is 45.1 Å². The molecule has 26 heavy (non-hydrogen) atoms. The van der Waals surface area contributed by atoms with Gasteiger partial charge in [-0.2, -0.15) is 0 Å². The molecule has 0 unspecified atom stereocenters. The van der Waals surface area contributed by atoms with E-state index in [9.17, 15) is 9.59 Å². The van der Waals surface area contributed by atoms with Gasteiger partial charge in [-0.15, -0.1) is 0 Å². The molecule has 2 N–H and O–H groups in total. The lowest BCUT2D eigenvalue weighted by atomic mass is 10.1. The van der Waals surface area contributed by atoms with Crippen LogP contribution in [-0.4, -0.2) is 28.0 Å². The van der Waals surface area contributed by atoms with Gasteiger partial charge in [0.15, 0.2) is 11.7 Å². The number of unbranched alkanes of at least 4 members (excludes halogenated alkanes) is 1. The first-order valence-corrected chi connectivity index (χ1v) is 9.08. The topological polar surface area (TPSA) is 92.4 Å². The van der Waals surface area contributed by atoms with Gasteiger partial charge >= 0.3 is 5.97 Å². The van der Waals surface area contributed by atoms with Crippen molar-refractivity contribution in [3.63, 3.8) is 0 Å². The number of aliphatic carboxylic acids is 1. The van der Waals surface area contributed by atoms with Gasteiger partial charge in [-0.1, -0.05) is 43.0 Å². The molecule has 2 aromatic rings. The van der Waals surface area contributed by atoms with Crippen LogP contribution < -0.4 is 5.32 Å². The molecule has 2 rings (SSSR count). The summed E-state index contributed by atoms with van der Waals surface area (Å²) in [5.41, 5.74) is 0.657. The van der Waals surface area contributed by atoms with E-state index in [2.05, 4.69) is 10.3 Å². The number of amides is 1. The van der Waals surface area contributed by atoms with Crippen molar-refractivity contribution >= 4 is 35.1 Å². The quantitative estimate of drug-likeness (QED) is 0.655. The van der Waals surface area contributed by atoms with Crippen molar-refractivity contribution in [1.29, 1.82) is 0 Å². The molecule has 0 spiro atoms. The molecule has 0 aliphatic heterocycles. The van der Waals surface area contributed by atoms with Crippen LogP contribution in [0.5, 0.6) is 0 Å². The molecule has 0 bridgehead atoms. The lowest BCUT2D eigenvalue weighted by molar-refractivity contribution is -0.142. The van der Waals surface area contributed by atoms with Crippen LogP contribution in [0.2, 0.25) is 10.0 Å². The smallest absolute Gasteiger partial charge is 0.326 e. The Morgan fingerprint density at radius 2 is 2.12 bits per heavy atom. The van der Waals surface area contributed by atoms with Gasteiger partial charge in [-0.3, -0.25) is 4.79 Å². The summed E-state index contributed by atoms with van der Waals surface area (Å²) in [5.74, 6) is -0.518. The van der Waals surface area contributed by atoms with Gasteiger partial charge in [0.25, 0.3) is 0 Å². The van der Waals surface area contributed by atoms with Crippen LogP contribution in [0.25, 0.3) is 11.3 Å². The maximum Gasteiger partial charge on any atom is 0.326 e. The lowest BCUT2D eigenvalue weighted by Crippen LogP contribution is -2.40. The number of nitrogens with zero attached hydrogens (tertiary/aromatic N) is 1. The predicted molar refractivity (Wildman–Crippen MR) is 99.4 cm³/mol. The molecular formula is C18H20Cl2N2O4. The van der Waals surface area contributed by atoms with Gasteiger partial charge in [-0.05, 0) is 24.6 Å². The van der Waals surface area contributed by atoms with Crippen molar-refractivity contribution in [3.05, 3.63) is 40.3 Å². The van der Waals surface area contributed by atoms with Crippen LogP contribution in [0.3, 0.4) is 0 Å². The Kier molecular flexibility index (Phi) is 7.48. The standard InChI is InChI=1S/C18H20Cl2N2O4/c1-2-3-4-14(18(24)25)22-16(23)7-8-17-21-10-15(26-17)12-6-5-11(19)9-13(12)20/h5-6,9-10,14H,2-4,7-8H2,1H3,(H,22,23)(H,24,25)/t14-/m0/s1. The van der Waals surface area contributed by atoms with E-state index < -0.39 is 12.0 Å². The molecule has 140 valence electrons. The Hall–Kier alpha value is -2.05. The zero-order chi connectivity index (χ0) is 19.1. The number of halogens is 2. The van der Waals surface area contributed by atoms with Crippen LogP contribution in [0.15, 0.2) is 28.8 Å². The van der Waals surface area contributed by atoms with Gasteiger partial charge in [0.05, 0.1) is 11.2 Å². The third-order valence-corrected chi connectivity index (χ3v) is 4.34. The highest BCUT2D eigenvalue weighted by molar-refractivity contribution is 6.36.